The lowest BCUT2D eigenvalue weighted by Crippen LogP contribution is -2.19. The predicted molar refractivity (Wildman–Crippen MR) is 59.1 cm³/mol. The van der Waals surface area contributed by atoms with E-state index in [0.29, 0.717) is 6.42 Å². The Bertz CT molecular complexity index is 222. The van der Waals surface area contributed by atoms with E-state index >= 15 is 0 Å². The van der Waals surface area contributed by atoms with Gasteiger partial charge in [0.2, 0.25) is 0 Å². The number of hydrogen-bond acceptors (Lipinski definition) is 3. The van der Waals surface area contributed by atoms with Crippen molar-refractivity contribution in [3.05, 3.63) is 0 Å². The molecular weight excluding hydrogens is 200 g/mol. The lowest BCUT2D eigenvalue weighted by atomic mass is 10.1. The largest absolute Gasteiger partial charge is 0.392 e. The van der Waals surface area contributed by atoms with Crippen molar-refractivity contribution in [2.75, 3.05) is 12.0 Å². The predicted octanol–water partition coefficient (Wildman–Crippen LogP) is 1.75. The summed E-state index contributed by atoms with van der Waals surface area (Å²) in [5.74, 6) is -0.0965. The molecule has 14 heavy (non-hydrogen) atoms. The van der Waals surface area contributed by atoms with E-state index in [2.05, 4.69) is 6.92 Å². The molecule has 0 aliphatic heterocycles. The number of aliphatic hydroxyl groups is 1. The van der Waals surface area contributed by atoms with Crippen LogP contribution in [0.4, 0.5) is 0 Å². The van der Waals surface area contributed by atoms with Gasteiger partial charge in [-0.25, -0.2) is 8.42 Å². The summed E-state index contributed by atoms with van der Waals surface area (Å²) in [7, 11) is -3.02. The van der Waals surface area contributed by atoms with Crippen LogP contribution >= 0.6 is 0 Å². The van der Waals surface area contributed by atoms with Crippen LogP contribution in [0.25, 0.3) is 0 Å². The molecule has 0 aliphatic carbocycles. The van der Waals surface area contributed by atoms with E-state index in [0.717, 1.165) is 19.1 Å². The topological polar surface area (TPSA) is 54.4 Å². The Morgan fingerprint density at radius 3 is 2.21 bits per heavy atom. The van der Waals surface area contributed by atoms with Crippen molar-refractivity contribution in [2.24, 2.45) is 0 Å². The molecule has 0 unspecified atom stereocenters. The van der Waals surface area contributed by atoms with Crippen molar-refractivity contribution in [1.82, 2.24) is 0 Å². The first kappa shape index (κ1) is 13.9. The van der Waals surface area contributed by atoms with Gasteiger partial charge in [-0.3, -0.25) is 0 Å². The molecule has 0 bridgehead atoms. The molecule has 1 atom stereocenters. The number of rotatable bonds is 8. The van der Waals surface area contributed by atoms with Crippen LogP contribution in [0, 0.1) is 0 Å². The molecule has 0 rings (SSSR count). The third kappa shape index (κ3) is 9.99. The quantitative estimate of drug-likeness (QED) is 0.637. The summed E-state index contributed by atoms with van der Waals surface area (Å²) in [4.78, 5) is 0. The van der Waals surface area contributed by atoms with Crippen LogP contribution in [-0.4, -0.2) is 31.6 Å². The molecule has 4 heteroatoms. The van der Waals surface area contributed by atoms with Crippen LogP contribution in [0.3, 0.4) is 0 Å². The van der Waals surface area contributed by atoms with Gasteiger partial charge in [-0.05, 0) is 6.42 Å². The first-order valence-electron chi connectivity index (χ1n) is 5.31. The highest BCUT2D eigenvalue weighted by Crippen LogP contribution is 2.08. The highest BCUT2D eigenvalue weighted by atomic mass is 32.2. The fraction of sp³-hybridized carbons (Fsp3) is 1.00. The maximum atomic E-state index is 10.8. The number of unbranched alkanes of at least 4 members (excludes halogenated alkanes) is 4. The highest BCUT2D eigenvalue weighted by Gasteiger charge is 2.11. The third-order valence-electron chi connectivity index (χ3n) is 2.14. The zero-order chi connectivity index (χ0) is 11.0. The van der Waals surface area contributed by atoms with Gasteiger partial charge in [-0.1, -0.05) is 39.0 Å². The molecule has 0 aromatic rings. The molecule has 0 amide bonds. The van der Waals surface area contributed by atoms with Gasteiger partial charge in [0.05, 0.1) is 11.9 Å². The molecule has 3 nitrogen and oxygen atoms in total. The minimum Gasteiger partial charge on any atom is -0.392 e. The van der Waals surface area contributed by atoms with E-state index in [-0.39, 0.29) is 5.75 Å². The van der Waals surface area contributed by atoms with Crippen LogP contribution in [0.15, 0.2) is 0 Å². The van der Waals surface area contributed by atoms with E-state index in [1.807, 2.05) is 0 Å². The Morgan fingerprint density at radius 1 is 1.14 bits per heavy atom. The van der Waals surface area contributed by atoms with E-state index in [1.165, 1.54) is 19.3 Å². The fourth-order valence-corrected chi connectivity index (χ4v) is 2.28. The van der Waals surface area contributed by atoms with Crippen molar-refractivity contribution in [1.29, 1.82) is 0 Å². The van der Waals surface area contributed by atoms with Gasteiger partial charge >= 0.3 is 0 Å². The zero-order valence-electron chi connectivity index (χ0n) is 9.20. The van der Waals surface area contributed by atoms with E-state index in [1.54, 1.807) is 0 Å². The Morgan fingerprint density at radius 2 is 1.71 bits per heavy atom. The van der Waals surface area contributed by atoms with E-state index in [9.17, 15) is 13.5 Å². The molecule has 0 saturated carbocycles. The molecule has 0 aliphatic rings. The lowest BCUT2D eigenvalue weighted by molar-refractivity contribution is 0.183. The molecule has 0 aromatic heterocycles. The van der Waals surface area contributed by atoms with Crippen LogP contribution in [0.2, 0.25) is 0 Å². The molecule has 0 fully saturated rings. The molecule has 0 heterocycles. The summed E-state index contributed by atoms with van der Waals surface area (Å²) < 4.78 is 21.6. The van der Waals surface area contributed by atoms with Gasteiger partial charge in [-0.15, -0.1) is 0 Å². The third-order valence-corrected chi connectivity index (χ3v) is 3.13. The number of aliphatic hydroxyl groups excluding tert-OH is 1. The summed E-state index contributed by atoms with van der Waals surface area (Å²) in [6.07, 6.45) is 6.72. The molecule has 0 aromatic carbocycles. The fourth-order valence-electron chi connectivity index (χ4n) is 1.42. The second-order valence-electron chi connectivity index (χ2n) is 3.95. The van der Waals surface area contributed by atoms with Gasteiger partial charge in [0, 0.05) is 6.26 Å². The maximum Gasteiger partial charge on any atom is 0.149 e. The molecule has 1 N–H and O–H groups in total. The standard InChI is InChI=1S/C10H22O3S/c1-3-4-5-6-7-8-10(11)9-14(2,12)13/h10-11H,3-9H2,1-2H3/t10-/m0/s1. The molecular formula is C10H22O3S. The summed E-state index contributed by atoms with van der Waals surface area (Å²) in [6, 6.07) is 0. The minimum absolute atomic E-state index is 0.0965. The van der Waals surface area contributed by atoms with Gasteiger partial charge in [0.1, 0.15) is 9.84 Å². The van der Waals surface area contributed by atoms with Gasteiger partial charge in [0.15, 0.2) is 0 Å². The van der Waals surface area contributed by atoms with E-state index in [4.69, 9.17) is 0 Å². The van der Waals surface area contributed by atoms with Crippen LogP contribution in [0.5, 0.6) is 0 Å². The van der Waals surface area contributed by atoms with Crippen LogP contribution < -0.4 is 0 Å². The summed E-state index contributed by atoms with van der Waals surface area (Å²) >= 11 is 0. The Hall–Kier alpha value is -0.0900. The molecule has 86 valence electrons. The normalized spacial score (nSPS) is 14.2. The van der Waals surface area contributed by atoms with Crippen molar-refractivity contribution < 1.29 is 13.5 Å². The van der Waals surface area contributed by atoms with Crippen LogP contribution in [-0.2, 0) is 9.84 Å². The Balaban J connectivity index is 3.41. The maximum absolute atomic E-state index is 10.8. The second-order valence-corrected chi connectivity index (χ2v) is 6.13. The Labute approximate surface area is 87.4 Å². The van der Waals surface area contributed by atoms with Crippen LogP contribution in [0.1, 0.15) is 45.4 Å². The first-order valence-corrected chi connectivity index (χ1v) is 7.37. The SMILES string of the molecule is CCCCCCC[C@H](O)CS(C)(=O)=O. The zero-order valence-corrected chi connectivity index (χ0v) is 10.0. The first-order chi connectivity index (χ1) is 6.45. The number of sulfone groups is 1. The molecule has 0 spiro atoms. The van der Waals surface area contributed by atoms with Crippen molar-refractivity contribution in [3.8, 4) is 0 Å². The molecule has 0 saturated heterocycles. The Kier molecular flexibility index (Phi) is 7.19. The van der Waals surface area contributed by atoms with Gasteiger partial charge in [0.25, 0.3) is 0 Å². The monoisotopic (exact) mass is 222 g/mol. The second kappa shape index (κ2) is 7.23. The van der Waals surface area contributed by atoms with Crippen molar-refractivity contribution >= 4 is 9.84 Å². The average Bonchev–Trinajstić information content (AvgIpc) is 2.00. The summed E-state index contributed by atoms with van der Waals surface area (Å²) in [6.45, 7) is 2.15. The minimum atomic E-state index is -3.02. The smallest absolute Gasteiger partial charge is 0.149 e. The van der Waals surface area contributed by atoms with Gasteiger partial charge < -0.3 is 5.11 Å². The van der Waals surface area contributed by atoms with Crippen molar-refractivity contribution in [2.45, 2.75) is 51.6 Å². The average molecular weight is 222 g/mol. The number of hydrogen-bond donors (Lipinski definition) is 1. The highest BCUT2D eigenvalue weighted by molar-refractivity contribution is 7.90. The summed E-state index contributed by atoms with van der Waals surface area (Å²) in [5.41, 5.74) is 0. The van der Waals surface area contributed by atoms with E-state index < -0.39 is 15.9 Å². The summed E-state index contributed by atoms with van der Waals surface area (Å²) in [5, 5.41) is 9.36. The lowest BCUT2D eigenvalue weighted by Gasteiger charge is -2.08. The molecule has 0 radical (unpaired) electrons. The van der Waals surface area contributed by atoms with Gasteiger partial charge in [-0.2, -0.15) is 0 Å². The van der Waals surface area contributed by atoms with Crippen molar-refractivity contribution in [3.63, 3.8) is 0 Å².